The lowest BCUT2D eigenvalue weighted by Gasteiger charge is -2.26. The van der Waals surface area contributed by atoms with E-state index in [1.807, 2.05) is 20.8 Å². The first-order valence-electron chi connectivity index (χ1n) is 7.03. The monoisotopic (exact) mass is 299 g/mol. The molecule has 5 nitrogen and oxygen atoms in total. The highest BCUT2D eigenvalue weighted by Crippen LogP contribution is 2.36. The van der Waals surface area contributed by atoms with E-state index in [0.717, 1.165) is 0 Å². The molecule has 0 saturated carbocycles. The topological polar surface area (TPSA) is 65.5 Å². The minimum absolute atomic E-state index is 0.326. The normalized spacial score (nSPS) is 13.2. The van der Waals surface area contributed by atoms with Crippen molar-refractivity contribution in [2.45, 2.75) is 26.7 Å². The molecule has 1 unspecified atom stereocenters. The second-order valence-corrected chi connectivity index (χ2v) is 6.22. The number of oxazole rings is 1. The van der Waals surface area contributed by atoms with E-state index in [1.54, 1.807) is 36.6 Å². The second kappa shape index (κ2) is 5.33. The van der Waals surface area contributed by atoms with Crippen molar-refractivity contribution in [3.05, 3.63) is 48.7 Å². The van der Waals surface area contributed by atoms with Gasteiger partial charge in [-0.05, 0) is 29.7 Å². The molecule has 0 saturated heterocycles. The van der Waals surface area contributed by atoms with Crippen LogP contribution in [-0.2, 0) is 4.79 Å². The average Bonchev–Trinajstić information content (AvgIpc) is 3.07. The predicted molar refractivity (Wildman–Crippen MR) is 80.5 cm³/mol. The van der Waals surface area contributed by atoms with Gasteiger partial charge in [-0.15, -0.1) is 0 Å². The van der Waals surface area contributed by atoms with E-state index in [4.69, 9.17) is 13.6 Å². The molecule has 0 aliphatic carbocycles. The molecule has 0 radical (unpaired) electrons. The Bertz CT molecular complexity index is 780. The number of hydrogen-bond acceptors (Lipinski definition) is 5. The van der Waals surface area contributed by atoms with Gasteiger partial charge in [-0.25, -0.2) is 4.98 Å². The van der Waals surface area contributed by atoms with Crippen molar-refractivity contribution in [3.8, 4) is 5.75 Å². The SMILES string of the molecule is CC(C)(C)C(C(=O)Oc1ccc2ocnc2c1)c1ccco1. The summed E-state index contributed by atoms with van der Waals surface area (Å²) in [5.41, 5.74) is 0.973. The van der Waals surface area contributed by atoms with Crippen LogP contribution in [0.3, 0.4) is 0 Å². The summed E-state index contributed by atoms with van der Waals surface area (Å²) >= 11 is 0. The van der Waals surface area contributed by atoms with Crippen LogP contribution < -0.4 is 4.74 Å². The van der Waals surface area contributed by atoms with Gasteiger partial charge in [0.25, 0.3) is 0 Å². The number of rotatable bonds is 3. The molecule has 22 heavy (non-hydrogen) atoms. The lowest BCUT2D eigenvalue weighted by molar-refractivity contribution is -0.139. The molecule has 1 aromatic carbocycles. The molecule has 0 N–H and O–H groups in total. The number of hydrogen-bond donors (Lipinski definition) is 0. The van der Waals surface area contributed by atoms with Crippen LogP contribution in [0.2, 0.25) is 0 Å². The molecule has 2 aromatic heterocycles. The van der Waals surface area contributed by atoms with Gasteiger partial charge in [-0.3, -0.25) is 4.79 Å². The number of carbonyl (C=O) groups is 1. The summed E-state index contributed by atoms with van der Waals surface area (Å²) in [4.78, 5) is 16.7. The molecular formula is C17H17NO4. The largest absolute Gasteiger partial charge is 0.468 e. The smallest absolute Gasteiger partial charge is 0.322 e. The van der Waals surface area contributed by atoms with Crippen LogP contribution in [0.4, 0.5) is 0 Å². The summed E-state index contributed by atoms with van der Waals surface area (Å²) in [6, 6.07) is 8.65. The zero-order valence-corrected chi connectivity index (χ0v) is 12.7. The summed E-state index contributed by atoms with van der Waals surface area (Å²) < 4.78 is 16.1. The van der Waals surface area contributed by atoms with Gasteiger partial charge in [-0.1, -0.05) is 20.8 Å². The highest BCUT2D eigenvalue weighted by atomic mass is 16.5. The number of carbonyl (C=O) groups excluding carboxylic acids is 1. The second-order valence-electron chi connectivity index (χ2n) is 6.22. The van der Waals surface area contributed by atoms with Crippen LogP contribution in [0.1, 0.15) is 32.4 Å². The maximum absolute atomic E-state index is 12.6. The van der Waals surface area contributed by atoms with Crippen molar-refractivity contribution in [2.75, 3.05) is 0 Å². The Balaban J connectivity index is 1.87. The van der Waals surface area contributed by atoms with Gasteiger partial charge in [-0.2, -0.15) is 0 Å². The lowest BCUT2D eigenvalue weighted by Crippen LogP contribution is -2.29. The third-order valence-corrected chi connectivity index (χ3v) is 3.45. The van der Waals surface area contributed by atoms with Crippen molar-refractivity contribution < 1.29 is 18.4 Å². The van der Waals surface area contributed by atoms with Crippen LogP contribution in [0.25, 0.3) is 11.1 Å². The summed E-state index contributed by atoms with van der Waals surface area (Å²) in [6.45, 7) is 5.92. The first-order chi connectivity index (χ1) is 10.4. The van der Waals surface area contributed by atoms with Gasteiger partial charge in [0.15, 0.2) is 12.0 Å². The quantitative estimate of drug-likeness (QED) is 0.536. The molecule has 0 aliphatic heterocycles. The fourth-order valence-electron chi connectivity index (χ4n) is 2.43. The molecule has 0 bridgehead atoms. The number of fused-ring (bicyclic) bond motifs is 1. The minimum Gasteiger partial charge on any atom is -0.468 e. The Hall–Kier alpha value is -2.56. The van der Waals surface area contributed by atoms with Crippen LogP contribution in [0.5, 0.6) is 5.75 Å². The Morgan fingerprint density at radius 3 is 2.73 bits per heavy atom. The lowest BCUT2D eigenvalue weighted by atomic mass is 9.79. The van der Waals surface area contributed by atoms with Crippen molar-refractivity contribution >= 4 is 17.1 Å². The van der Waals surface area contributed by atoms with Gasteiger partial charge in [0.2, 0.25) is 0 Å². The van der Waals surface area contributed by atoms with Crippen molar-refractivity contribution in [3.63, 3.8) is 0 Å². The third kappa shape index (κ3) is 2.74. The number of benzene rings is 1. The Morgan fingerprint density at radius 2 is 2.05 bits per heavy atom. The molecule has 3 aromatic rings. The Kier molecular flexibility index (Phi) is 3.48. The number of aromatic nitrogens is 1. The van der Waals surface area contributed by atoms with Crippen molar-refractivity contribution in [1.29, 1.82) is 0 Å². The highest BCUT2D eigenvalue weighted by molar-refractivity contribution is 5.82. The van der Waals surface area contributed by atoms with Crippen LogP contribution >= 0.6 is 0 Å². The van der Waals surface area contributed by atoms with Crippen LogP contribution in [0.15, 0.2) is 51.8 Å². The molecular weight excluding hydrogens is 282 g/mol. The number of furan rings is 1. The van der Waals surface area contributed by atoms with Gasteiger partial charge in [0.1, 0.15) is 22.9 Å². The maximum Gasteiger partial charge on any atom is 0.322 e. The molecule has 2 heterocycles. The first kappa shape index (κ1) is 14.4. The van der Waals surface area contributed by atoms with E-state index >= 15 is 0 Å². The molecule has 0 spiro atoms. The van der Waals surface area contributed by atoms with Gasteiger partial charge >= 0.3 is 5.97 Å². The molecule has 0 aliphatic rings. The summed E-state index contributed by atoms with van der Waals surface area (Å²) in [6.07, 6.45) is 2.92. The fourth-order valence-corrected chi connectivity index (χ4v) is 2.43. The third-order valence-electron chi connectivity index (χ3n) is 3.45. The van der Waals surface area contributed by atoms with E-state index in [-0.39, 0.29) is 11.4 Å². The zero-order valence-electron chi connectivity index (χ0n) is 12.7. The van der Waals surface area contributed by atoms with Crippen LogP contribution in [0, 0.1) is 5.41 Å². The van der Waals surface area contributed by atoms with Gasteiger partial charge in [0, 0.05) is 6.07 Å². The maximum atomic E-state index is 12.6. The van der Waals surface area contributed by atoms with E-state index in [0.29, 0.717) is 22.6 Å². The van der Waals surface area contributed by atoms with E-state index in [9.17, 15) is 4.79 Å². The standard InChI is InChI=1S/C17H17NO4/c1-17(2,3)15(14-5-4-8-20-14)16(19)22-11-6-7-13-12(9-11)18-10-21-13/h4-10,15H,1-3H3. The summed E-state index contributed by atoms with van der Waals surface area (Å²) in [5.74, 6) is 0.188. The average molecular weight is 299 g/mol. The molecule has 114 valence electrons. The molecule has 0 fully saturated rings. The minimum atomic E-state index is -0.490. The first-order valence-corrected chi connectivity index (χ1v) is 7.03. The fraction of sp³-hybridized carbons (Fsp3) is 0.294. The predicted octanol–water partition coefficient (Wildman–Crippen LogP) is 4.16. The number of nitrogens with zero attached hydrogens (tertiary/aromatic N) is 1. The zero-order chi connectivity index (χ0) is 15.7. The van der Waals surface area contributed by atoms with Gasteiger partial charge in [0.05, 0.1) is 6.26 Å². The summed E-state index contributed by atoms with van der Waals surface area (Å²) in [7, 11) is 0. The molecule has 3 rings (SSSR count). The van der Waals surface area contributed by atoms with Crippen LogP contribution in [-0.4, -0.2) is 11.0 Å². The number of esters is 1. The van der Waals surface area contributed by atoms with E-state index in [2.05, 4.69) is 4.98 Å². The Morgan fingerprint density at radius 1 is 1.23 bits per heavy atom. The van der Waals surface area contributed by atoms with Gasteiger partial charge < -0.3 is 13.6 Å². The van der Waals surface area contributed by atoms with E-state index in [1.165, 1.54) is 6.39 Å². The Labute approximate surface area is 127 Å². The summed E-state index contributed by atoms with van der Waals surface area (Å²) in [5, 5.41) is 0. The van der Waals surface area contributed by atoms with E-state index < -0.39 is 5.92 Å². The molecule has 0 amide bonds. The number of ether oxygens (including phenoxy) is 1. The molecule has 1 atom stereocenters. The molecule has 5 heteroatoms. The van der Waals surface area contributed by atoms with Crippen molar-refractivity contribution in [1.82, 2.24) is 4.98 Å². The van der Waals surface area contributed by atoms with Crippen molar-refractivity contribution in [2.24, 2.45) is 5.41 Å². The highest BCUT2D eigenvalue weighted by Gasteiger charge is 2.36.